The zero-order chi connectivity index (χ0) is 9.54. The van der Waals surface area contributed by atoms with Crippen LogP contribution in [0.25, 0.3) is 12.2 Å². The van der Waals surface area contributed by atoms with Gasteiger partial charge >= 0.3 is 0 Å². The number of nitrogens with zero attached hydrogens (tertiary/aromatic N) is 2. The molecular weight excluding hydrogens is 178 g/mol. The molecule has 0 aromatic carbocycles. The fourth-order valence-corrected chi connectivity index (χ4v) is 1.92. The minimum atomic E-state index is -0.0103. The summed E-state index contributed by atoms with van der Waals surface area (Å²) in [7, 11) is 0. The van der Waals surface area contributed by atoms with Crippen LogP contribution in [0.4, 0.5) is 0 Å². The average Bonchev–Trinajstić information content (AvgIpc) is 2.61. The largest absolute Gasteiger partial charge is 0.345 e. The molecule has 0 fully saturated rings. The van der Waals surface area contributed by atoms with Crippen LogP contribution >= 0.6 is 0 Å². The number of fused-ring (bicyclic) bond motifs is 2. The molecule has 0 spiro atoms. The second kappa shape index (κ2) is 2.64. The van der Waals surface area contributed by atoms with Crippen molar-refractivity contribution in [3.8, 4) is 0 Å². The molecule has 1 aromatic heterocycles. The SMILES string of the molecule is O=C1CCC2C=c3nc[nH]c3=CC2=N1. The van der Waals surface area contributed by atoms with Gasteiger partial charge in [-0.1, -0.05) is 0 Å². The second-order valence-electron chi connectivity index (χ2n) is 3.59. The summed E-state index contributed by atoms with van der Waals surface area (Å²) < 4.78 is 0. The lowest BCUT2D eigenvalue weighted by molar-refractivity contribution is -0.118. The normalized spacial score (nSPS) is 24.1. The molecule has 0 radical (unpaired) electrons. The first-order valence-corrected chi connectivity index (χ1v) is 4.67. The minimum absolute atomic E-state index is 0.0103. The number of aliphatic imine (C=N–C) groups is 1. The summed E-state index contributed by atoms with van der Waals surface area (Å²) in [6.07, 6.45) is 7.08. The van der Waals surface area contributed by atoms with Crippen LogP contribution in [-0.4, -0.2) is 21.6 Å². The van der Waals surface area contributed by atoms with Crippen LogP contribution in [0.3, 0.4) is 0 Å². The van der Waals surface area contributed by atoms with E-state index in [4.69, 9.17) is 0 Å². The van der Waals surface area contributed by atoms with Crippen LogP contribution in [0.15, 0.2) is 11.3 Å². The van der Waals surface area contributed by atoms with Gasteiger partial charge in [0.05, 0.1) is 22.7 Å². The van der Waals surface area contributed by atoms with Gasteiger partial charge in [0.15, 0.2) is 0 Å². The van der Waals surface area contributed by atoms with Gasteiger partial charge in [0.2, 0.25) is 5.91 Å². The Morgan fingerprint density at radius 1 is 1.50 bits per heavy atom. The number of carbonyl (C=O) groups excluding carboxylic acids is 1. The average molecular weight is 187 g/mol. The lowest BCUT2D eigenvalue weighted by Crippen LogP contribution is -2.35. The fourth-order valence-electron chi connectivity index (χ4n) is 1.92. The molecule has 3 rings (SSSR count). The number of amides is 1. The number of rotatable bonds is 0. The third kappa shape index (κ3) is 1.04. The Balaban J connectivity index is 2.25. The molecular formula is C10H9N3O. The van der Waals surface area contributed by atoms with E-state index >= 15 is 0 Å². The fraction of sp³-hybridized carbons (Fsp3) is 0.300. The number of carbonyl (C=O) groups is 1. The van der Waals surface area contributed by atoms with Gasteiger partial charge in [-0.25, -0.2) is 9.98 Å². The Kier molecular flexibility index (Phi) is 1.45. The molecule has 1 aliphatic heterocycles. The molecule has 4 heteroatoms. The first-order chi connectivity index (χ1) is 6.83. The number of aromatic amines is 1. The van der Waals surface area contributed by atoms with Crippen molar-refractivity contribution in [2.24, 2.45) is 10.9 Å². The number of hydrogen-bond acceptors (Lipinski definition) is 2. The lowest BCUT2D eigenvalue weighted by atomic mass is 9.91. The summed E-state index contributed by atoms with van der Waals surface area (Å²) in [4.78, 5) is 22.3. The standard InChI is InChI=1S/C10H9N3O/c14-10-2-1-6-3-8-9(12-5-11-8)4-7(6)13-10/h3-6H,1-2H2,(H,11,12). The van der Waals surface area contributed by atoms with Crippen LogP contribution in [-0.2, 0) is 4.79 Å². The van der Waals surface area contributed by atoms with Gasteiger partial charge in [0.1, 0.15) is 0 Å². The molecule has 0 saturated carbocycles. The molecule has 70 valence electrons. The highest BCUT2D eigenvalue weighted by Gasteiger charge is 2.22. The summed E-state index contributed by atoms with van der Waals surface area (Å²) in [6, 6.07) is 0. The molecule has 1 aliphatic carbocycles. The first-order valence-electron chi connectivity index (χ1n) is 4.67. The molecule has 4 nitrogen and oxygen atoms in total. The van der Waals surface area contributed by atoms with Crippen molar-refractivity contribution in [3.63, 3.8) is 0 Å². The maximum absolute atomic E-state index is 11.1. The van der Waals surface area contributed by atoms with Crippen LogP contribution in [0.1, 0.15) is 12.8 Å². The quantitative estimate of drug-likeness (QED) is 0.587. The van der Waals surface area contributed by atoms with Crippen LogP contribution in [0.2, 0.25) is 0 Å². The summed E-state index contributed by atoms with van der Waals surface area (Å²) in [5.74, 6) is 0.271. The monoisotopic (exact) mass is 187 g/mol. The number of hydrogen-bond donors (Lipinski definition) is 1. The predicted octanol–water partition coefficient (Wildman–Crippen LogP) is -0.638. The van der Waals surface area contributed by atoms with E-state index < -0.39 is 0 Å². The zero-order valence-corrected chi connectivity index (χ0v) is 7.53. The van der Waals surface area contributed by atoms with Crippen molar-refractivity contribution in [1.29, 1.82) is 0 Å². The summed E-state index contributed by atoms with van der Waals surface area (Å²) >= 11 is 0. The Labute approximate surface area is 80.1 Å². The number of nitrogens with one attached hydrogen (secondary N) is 1. The van der Waals surface area contributed by atoms with Gasteiger partial charge in [-0.2, -0.15) is 0 Å². The number of H-pyrrole nitrogens is 1. The molecule has 0 saturated heterocycles. The Bertz CT molecular complexity index is 538. The summed E-state index contributed by atoms with van der Waals surface area (Å²) in [5.41, 5.74) is 0.873. The van der Waals surface area contributed by atoms with Crippen molar-refractivity contribution in [2.45, 2.75) is 12.8 Å². The Hall–Kier alpha value is -1.71. The molecule has 2 aliphatic rings. The van der Waals surface area contributed by atoms with E-state index in [9.17, 15) is 4.79 Å². The summed E-state index contributed by atoms with van der Waals surface area (Å²) in [5, 5.41) is 1.93. The van der Waals surface area contributed by atoms with Crippen LogP contribution in [0, 0.1) is 5.92 Å². The van der Waals surface area contributed by atoms with E-state index in [1.54, 1.807) is 6.33 Å². The molecule has 1 unspecified atom stereocenters. The second-order valence-corrected chi connectivity index (χ2v) is 3.59. The number of aromatic nitrogens is 2. The van der Waals surface area contributed by atoms with Gasteiger partial charge < -0.3 is 4.98 Å². The highest BCUT2D eigenvalue weighted by atomic mass is 16.1. The minimum Gasteiger partial charge on any atom is -0.345 e. The van der Waals surface area contributed by atoms with Gasteiger partial charge in [-0.05, 0) is 18.6 Å². The van der Waals surface area contributed by atoms with Crippen molar-refractivity contribution < 1.29 is 4.79 Å². The maximum atomic E-state index is 11.1. The van der Waals surface area contributed by atoms with Gasteiger partial charge in [-0.3, -0.25) is 4.79 Å². The highest BCUT2D eigenvalue weighted by Crippen LogP contribution is 2.18. The van der Waals surface area contributed by atoms with E-state index in [0.29, 0.717) is 6.42 Å². The molecule has 0 bridgehead atoms. The molecule has 1 aromatic rings. The van der Waals surface area contributed by atoms with E-state index in [-0.39, 0.29) is 11.8 Å². The summed E-state index contributed by atoms with van der Waals surface area (Å²) in [6.45, 7) is 0. The third-order valence-electron chi connectivity index (χ3n) is 2.65. The van der Waals surface area contributed by atoms with E-state index in [0.717, 1.165) is 22.8 Å². The van der Waals surface area contributed by atoms with Crippen LogP contribution < -0.4 is 10.7 Å². The smallest absolute Gasteiger partial charge is 0.245 e. The topological polar surface area (TPSA) is 58.1 Å². The highest BCUT2D eigenvalue weighted by molar-refractivity contribution is 6.19. The zero-order valence-electron chi connectivity index (χ0n) is 7.53. The molecule has 1 amide bonds. The van der Waals surface area contributed by atoms with Gasteiger partial charge in [0, 0.05) is 12.3 Å². The molecule has 2 heterocycles. The van der Waals surface area contributed by atoms with Gasteiger partial charge in [0.25, 0.3) is 0 Å². The Morgan fingerprint density at radius 3 is 3.36 bits per heavy atom. The van der Waals surface area contributed by atoms with Crippen molar-refractivity contribution in [3.05, 3.63) is 17.0 Å². The van der Waals surface area contributed by atoms with E-state index in [2.05, 4.69) is 21.0 Å². The first kappa shape index (κ1) is 7.67. The molecule has 1 N–H and O–H groups in total. The molecule has 1 atom stereocenters. The Morgan fingerprint density at radius 2 is 2.43 bits per heavy atom. The van der Waals surface area contributed by atoms with Gasteiger partial charge in [-0.15, -0.1) is 0 Å². The number of imidazole rings is 1. The van der Waals surface area contributed by atoms with Crippen molar-refractivity contribution in [1.82, 2.24) is 9.97 Å². The van der Waals surface area contributed by atoms with Crippen molar-refractivity contribution in [2.75, 3.05) is 0 Å². The maximum Gasteiger partial charge on any atom is 0.245 e. The van der Waals surface area contributed by atoms with Crippen LogP contribution in [0.5, 0.6) is 0 Å². The van der Waals surface area contributed by atoms with E-state index in [1.165, 1.54) is 0 Å². The lowest BCUT2D eigenvalue weighted by Gasteiger charge is -2.17. The van der Waals surface area contributed by atoms with Crippen molar-refractivity contribution >= 4 is 23.8 Å². The van der Waals surface area contributed by atoms with E-state index in [1.807, 2.05) is 6.08 Å². The molecule has 14 heavy (non-hydrogen) atoms. The third-order valence-corrected chi connectivity index (χ3v) is 2.65. The predicted molar refractivity (Wildman–Crippen MR) is 51.9 cm³/mol.